The van der Waals surface area contributed by atoms with Crippen molar-refractivity contribution in [3.63, 3.8) is 0 Å². The monoisotopic (exact) mass is 431 g/mol. The van der Waals surface area contributed by atoms with E-state index in [9.17, 15) is 0 Å². The summed E-state index contributed by atoms with van der Waals surface area (Å²) in [4.78, 5) is 9.67. The van der Waals surface area contributed by atoms with E-state index < -0.39 is 0 Å². The number of hydrogen-bond acceptors (Lipinski definition) is 5. The van der Waals surface area contributed by atoms with Crippen molar-refractivity contribution >= 4 is 35.6 Å². The fraction of sp³-hybridized carbons (Fsp3) is 0.455. The van der Waals surface area contributed by atoms with E-state index in [1.807, 2.05) is 24.0 Å². The van der Waals surface area contributed by atoms with Crippen LogP contribution in [0.25, 0.3) is 5.65 Å². The molecule has 5 nitrogen and oxygen atoms in total. The molecule has 1 aromatic carbocycles. The summed E-state index contributed by atoms with van der Waals surface area (Å²) in [6.07, 6.45) is 6.53. The minimum Gasteiger partial charge on any atom is -0.360 e. The van der Waals surface area contributed by atoms with Gasteiger partial charge in [0.05, 0.1) is 6.04 Å². The van der Waals surface area contributed by atoms with Crippen LogP contribution in [0.5, 0.6) is 0 Å². The molecule has 2 aromatic heterocycles. The summed E-state index contributed by atoms with van der Waals surface area (Å²) in [6, 6.07) is 10.7. The predicted octanol–water partition coefficient (Wildman–Crippen LogP) is 5.29. The van der Waals surface area contributed by atoms with Gasteiger partial charge in [-0.15, -0.1) is 24.2 Å². The van der Waals surface area contributed by atoms with Gasteiger partial charge in [0.1, 0.15) is 5.03 Å². The van der Waals surface area contributed by atoms with Gasteiger partial charge in [-0.2, -0.15) is 0 Å². The maximum absolute atomic E-state index is 4.98. The maximum atomic E-state index is 4.98. The highest BCUT2D eigenvalue weighted by atomic mass is 35.5. The predicted molar refractivity (Wildman–Crippen MR) is 125 cm³/mol. The second-order valence-corrected chi connectivity index (χ2v) is 9.12. The van der Waals surface area contributed by atoms with E-state index in [0.29, 0.717) is 11.2 Å². The average Bonchev–Trinajstić information content (AvgIpc) is 3.14. The summed E-state index contributed by atoms with van der Waals surface area (Å²) in [5.41, 5.74) is 3.37. The molecule has 1 atom stereocenters. The highest BCUT2D eigenvalue weighted by Crippen LogP contribution is 2.31. The summed E-state index contributed by atoms with van der Waals surface area (Å²) in [5.74, 6) is 1.27. The van der Waals surface area contributed by atoms with Crippen molar-refractivity contribution in [2.24, 2.45) is 0 Å². The Bertz CT molecular complexity index is 922. The van der Waals surface area contributed by atoms with Crippen molar-refractivity contribution in [3.8, 4) is 0 Å². The molecule has 1 aliphatic heterocycles. The maximum Gasteiger partial charge on any atom is 0.180 e. The Morgan fingerprint density at radius 3 is 2.55 bits per heavy atom. The van der Waals surface area contributed by atoms with E-state index in [4.69, 9.17) is 9.97 Å². The number of piperidine rings is 1. The molecule has 3 heterocycles. The third-order valence-corrected chi connectivity index (χ3v) is 6.56. The molecule has 0 amide bonds. The molecule has 0 saturated carbocycles. The van der Waals surface area contributed by atoms with Gasteiger partial charge in [-0.3, -0.25) is 4.40 Å². The first kappa shape index (κ1) is 21.9. The van der Waals surface area contributed by atoms with Gasteiger partial charge in [0, 0.05) is 23.3 Å². The van der Waals surface area contributed by atoms with Crippen LogP contribution in [0.15, 0.2) is 47.8 Å². The number of anilines is 1. The molecule has 7 heteroatoms. The van der Waals surface area contributed by atoms with Crippen LogP contribution in [0, 0.1) is 0 Å². The Balaban J connectivity index is 0.00000240. The molecule has 4 rings (SSSR count). The van der Waals surface area contributed by atoms with Crippen molar-refractivity contribution in [3.05, 3.63) is 54.0 Å². The molecule has 0 aliphatic carbocycles. The van der Waals surface area contributed by atoms with Crippen LogP contribution in [-0.2, 0) is 0 Å². The number of benzene rings is 1. The van der Waals surface area contributed by atoms with Gasteiger partial charge >= 0.3 is 0 Å². The first-order chi connectivity index (χ1) is 13.6. The van der Waals surface area contributed by atoms with Crippen molar-refractivity contribution in [2.45, 2.75) is 55.8 Å². The van der Waals surface area contributed by atoms with Crippen LogP contribution in [-0.4, -0.2) is 32.7 Å². The van der Waals surface area contributed by atoms with Crippen LogP contribution in [0.2, 0.25) is 0 Å². The van der Waals surface area contributed by atoms with Crippen LogP contribution >= 0.6 is 24.2 Å². The smallest absolute Gasteiger partial charge is 0.180 e. The van der Waals surface area contributed by atoms with Gasteiger partial charge in [-0.1, -0.05) is 44.2 Å². The lowest BCUT2D eigenvalue weighted by Gasteiger charge is -2.22. The third-order valence-electron chi connectivity index (χ3n) is 5.32. The average molecular weight is 432 g/mol. The Hall–Kier alpha value is -1.76. The fourth-order valence-electron chi connectivity index (χ4n) is 3.68. The van der Waals surface area contributed by atoms with E-state index in [1.165, 1.54) is 24.1 Å². The van der Waals surface area contributed by atoms with Crippen molar-refractivity contribution < 1.29 is 0 Å². The van der Waals surface area contributed by atoms with E-state index in [-0.39, 0.29) is 18.4 Å². The van der Waals surface area contributed by atoms with Gasteiger partial charge in [0.15, 0.2) is 11.5 Å². The second-order valence-electron chi connectivity index (χ2n) is 7.80. The minimum absolute atomic E-state index is 0. The summed E-state index contributed by atoms with van der Waals surface area (Å²) in [7, 11) is 0. The Kier molecular flexibility index (Phi) is 7.44. The van der Waals surface area contributed by atoms with E-state index in [1.54, 1.807) is 0 Å². The number of imidazole rings is 1. The molecule has 1 aliphatic rings. The molecule has 0 radical (unpaired) electrons. The Morgan fingerprint density at radius 2 is 1.86 bits per heavy atom. The highest BCUT2D eigenvalue weighted by molar-refractivity contribution is 7.99. The zero-order chi connectivity index (χ0) is 19.5. The summed E-state index contributed by atoms with van der Waals surface area (Å²) >= 11 is 1.90. The number of nitrogens with one attached hydrogen (secondary N) is 2. The van der Waals surface area contributed by atoms with Crippen LogP contribution in [0.3, 0.4) is 0 Å². The standard InChI is InChI=1S/C22H29N5S.ClH/c1-15(2)19-13-24-22-21(25-16(3)17-7-5-4-6-8-17)26-20(14-27(19)22)28-18-9-11-23-12-10-18;/h4-8,13-16,18,23H,9-12H2,1-3H3,(H,25,26);1H/t16-;/m0./s1. The number of nitrogens with zero attached hydrogens (tertiary/aromatic N) is 3. The second kappa shape index (κ2) is 9.83. The lowest BCUT2D eigenvalue weighted by Crippen LogP contribution is -2.29. The molecular weight excluding hydrogens is 402 g/mol. The van der Waals surface area contributed by atoms with E-state index >= 15 is 0 Å². The van der Waals surface area contributed by atoms with Gasteiger partial charge in [-0.25, -0.2) is 9.97 Å². The summed E-state index contributed by atoms with van der Waals surface area (Å²) < 4.78 is 2.22. The molecule has 156 valence electrons. The van der Waals surface area contributed by atoms with Crippen LogP contribution in [0.4, 0.5) is 5.82 Å². The molecule has 1 saturated heterocycles. The zero-order valence-corrected chi connectivity index (χ0v) is 18.9. The first-order valence-electron chi connectivity index (χ1n) is 10.2. The van der Waals surface area contributed by atoms with Crippen molar-refractivity contribution in [1.82, 2.24) is 19.7 Å². The molecule has 1 fully saturated rings. The number of aromatic nitrogens is 3. The zero-order valence-electron chi connectivity index (χ0n) is 17.3. The molecule has 0 bridgehead atoms. The van der Waals surface area contributed by atoms with E-state index in [0.717, 1.165) is 29.6 Å². The number of thioether (sulfide) groups is 1. The number of rotatable bonds is 6. The molecule has 2 N–H and O–H groups in total. The Labute approximate surface area is 183 Å². The SMILES string of the molecule is CC(C)c1cnc2c(N[C@@H](C)c3ccccc3)nc(SC3CCNCC3)cn12.Cl. The molecular formula is C22H30ClN5S. The fourth-order valence-corrected chi connectivity index (χ4v) is 4.80. The molecule has 29 heavy (non-hydrogen) atoms. The normalized spacial score (nSPS) is 16.0. The number of fused-ring (bicyclic) bond motifs is 1. The lowest BCUT2D eigenvalue weighted by molar-refractivity contribution is 0.531. The Morgan fingerprint density at radius 1 is 1.14 bits per heavy atom. The van der Waals surface area contributed by atoms with Crippen LogP contribution in [0.1, 0.15) is 56.8 Å². The largest absolute Gasteiger partial charge is 0.360 e. The summed E-state index contributed by atoms with van der Waals surface area (Å²) in [5, 5.41) is 8.75. The van der Waals surface area contributed by atoms with Gasteiger partial charge in [-0.05, 0) is 44.3 Å². The quantitative estimate of drug-likeness (QED) is 0.555. The number of halogens is 1. The minimum atomic E-state index is 0. The van der Waals surface area contributed by atoms with Gasteiger partial charge in [0.2, 0.25) is 0 Å². The lowest BCUT2D eigenvalue weighted by atomic mass is 10.1. The first-order valence-corrected chi connectivity index (χ1v) is 11.1. The molecule has 0 unspecified atom stereocenters. The number of hydrogen-bond donors (Lipinski definition) is 2. The van der Waals surface area contributed by atoms with Crippen molar-refractivity contribution in [1.29, 1.82) is 0 Å². The third kappa shape index (κ3) is 5.05. The summed E-state index contributed by atoms with van der Waals surface area (Å²) in [6.45, 7) is 8.79. The van der Waals surface area contributed by atoms with Crippen LogP contribution < -0.4 is 10.6 Å². The molecule has 0 spiro atoms. The van der Waals surface area contributed by atoms with Gasteiger partial charge in [0.25, 0.3) is 0 Å². The van der Waals surface area contributed by atoms with Gasteiger partial charge < -0.3 is 10.6 Å². The topological polar surface area (TPSA) is 54.2 Å². The van der Waals surface area contributed by atoms with E-state index in [2.05, 4.69) is 66.3 Å². The van der Waals surface area contributed by atoms with Crippen molar-refractivity contribution in [2.75, 3.05) is 18.4 Å². The highest BCUT2D eigenvalue weighted by Gasteiger charge is 2.19. The molecule has 3 aromatic rings.